The number of halogens is 1. The van der Waals surface area contributed by atoms with Crippen LogP contribution in [0.3, 0.4) is 0 Å². The van der Waals surface area contributed by atoms with Gasteiger partial charge in [0.2, 0.25) is 0 Å². The fourth-order valence-corrected chi connectivity index (χ4v) is 2.59. The normalized spacial score (nSPS) is 13.4. The van der Waals surface area contributed by atoms with Gasteiger partial charge in [0.1, 0.15) is 0 Å². The third kappa shape index (κ3) is 3.53. The zero-order valence-corrected chi connectivity index (χ0v) is 13.8. The van der Waals surface area contributed by atoms with Crippen LogP contribution in [0, 0.1) is 5.82 Å². The van der Waals surface area contributed by atoms with Crippen LogP contribution in [-0.4, -0.2) is 32.7 Å². The van der Waals surface area contributed by atoms with Gasteiger partial charge in [0.15, 0.2) is 24.0 Å². The van der Waals surface area contributed by atoms with Crippen LogP contribution in [0.5, 0.6) is 5.75 Å². The Morgan fingerprint density at radius 1 is 1.23 bits per heavy atom. The van der Waals surface area contributed by atoms with Crippen molar-refractivity contribution >= 4 is 11.6 Å². The summed E-state index contributed by atoms with van der Waals surface area (Å²) >= 11 is 0. The van der Waals surface area contributed by atoms with E-state index in [1.54, 1.807) is 24.3 Å². The molecule has 3 aromatic rings. The van der Waals surface area contributed by atoms with Crippen LogP contribution in [0.15, 0.2) is 48.5 Å². The predicted octanol–water partition coefficient (Wildman–Crippen LogP) is 2.83. The van der Waals surface area contributed by atoms with Crippen molar-refractivity contribution in [2.75, 3.05) is 11.9 Å². The molecule has 0 saturated heterocycles. The maximum atomic E-state index is 13.5. The van der Waals surface area contributed by atoms with Crippen molar-refractivity contribution in [3.63, 3.8) is 0 Å². The van der Waals surface area contributed by atoms with Gasteiger partial charge in [-0.15, -0.1) is 5.10 Å². The summed E-state index contributed by atoms with van der Waals surface area (Å²) in [6.45, 7) is -0.287. The highest BCUT2D eigenvalue weighted by molar-refractivity contribution is 5.92. The minimum atomic E-state index is -0.505. The van der Waals surface area contributed by atoms with Crippen molar-refractivity contribution in [1.29, 1.82) is 0 Å². The number of aromatic nitrogens is 4. The van der Waals surface area contributed by atoms with Crippen molar-refractivity contribution in [2.45, 2.75) is 18.9 Å². The Hall–Kier alpha value is -3.29. The van der Waals surface area contributed by atoms with Gasteiger partial charge in [-0.3, -0.25) is 4.79 Å². The number of tetrazole rings is 1. The smallest absolute Gasteiger partial charge is 0.262 e. The third-order valence-corrected chi connectivity index (χ3v) is 3.99. The molecule has 0 spiro atoms. The van der Waals surface area contributed by atoms with Gasteiger partial charge in [-0.25, -0.2) is 9.07 Å². The van der Waals surface area contributed by atoms with Crippen molar-refractivity contribution in [3.05, 3.63) is 54.3 Å². The Morgan fingerprint density at radius 3 is 2.88 bits per heavy atom. The van der Waals surface area contributed by atoms with E-state index in [9.17, 15) is 9.18 Å². The lowest BCUT2D eigenvalue weighted by Crippen LogP contribution is -2.20. The summed E-state index contributed by atoms with van der Waals surface area (Å²) in [6, 6.07) is 13.6. The average molecular weight is 353 g/mol. The second kappa shape index (κ2) is 6.91. The quantitative estimate of drug-likeness (QED) is 0.737. The van der Waals surface area contributed by atoms with Crippen molar-refractivity contribution in [3.8, 4) is 17.1 Å². The van der Waals surface area contributed by atoms with Crippen LogP contribution < -0.4 is 10.1 Å². The topological polar surface area (TPSA) is 81.9 Å². The Balaban J connectivity index is 1.43. The van der Waals surface area contributed by atoms with Crippen LogP contribution >= 0.6 is 0 Å². The lowest BCUT2D eigenvalue weighted by Gasteiger charge is -2.09. The molecule has 0 unspecified atom stereocenters. The summed E-state index contributed by atoms with van der Waals surface area (Å²) in [5, 5.41) is 14.6. The molecule has 26 heavy (non-hydrogen) atoms. The van der Waals surface area contributed by atoms with E-state index in [1.807, 2.05) is 16.8 Å². The molecule has 132 valence electrons. The fourth-order valence-electron chi connectivity index (χ4n) is 2.59. The first-order valence-electron chi connectivity index (χ1n) is 8.26. The number of amides is 1. The number of ether oxygens (including phenoxy) is 1. The molecule has 0 bridgehead atoms. The lowest BCUT2D eigenvalue weighted by atomic mass is 10.2. The molecule has 1 amide bonds. The maximum absolute atomic E-state index is 13.5. The van der Waals surface area contributed by atoms with Gasteiger partial charge in [-0.05, 0) is 47.5 Å². The minimum Gasteiger partial charge on any atom is -0.481 e. The molecule has 1 aromatic heterocycles. The summed E-state index contributed by atoms with van der Waals surface area (Å²) in [5.41, 5.74) is 1.41. The van der Waals surface area contributed by atoms with E-state index in [0.717, 1.165) is 18.4 Å². The molecular formula is C18H16FN5O2. The van der Waals surface area contributed by atoms with E-state index < -0.39 is 5.82 Å². The van der Waals surface area contributed by atoms with Gasteiger partial charge in [0.05, 0.1) is 6.04 Å². The van der Waals surface area contributed by atoms with Gasteiger partial charge in [-0.2, -0.15) is 0 Å². The molecule has 0 radical (unpaired) electrons. The molecule has 1 aliphatic rings. The molecule has 1 heterocycles. The highest BCUT2D eigenvalue weighted by atomic mass is 19.1. The first kappa shape index (κ1) is 16.2. The average Bonchev–Trinajstić information content (AvgIpc) is 3.38. The van der Waals surface area contributed by atoms with Gasteiger partial charge in [0, 0.05) is 11.3 Å². The number of nitrogens with one attached hydrogen (secondary N) is 1. The van der Waals surface area contributed by atoms with Gasteiger partial charge < -0.3 is 10.1 Å². The molecule has 1 N–H and O–H groups in total. The van der Waals surface area contributed by atoms with Gasteiger partial charge >= 0.3 is 0 Å². The minimum absolute atomic E-state index is 0.0417. The van der Waals surface area contributed by atoms with E-state index in [4.69, 9.17) is 4.74 Å². The SMILES string of the molecule is O=C(COc1ccccc1F)Nc1cccc(-c2nnnn2C2CC2)c1. The zero-order valence-electron chi connectivity index (χ0n) is 13.8. The summed E-state index contributed by atoms with van der Waals surface area (Å²) < 4.78 is 20.5. The predicted molar refractivity (Wildman–Crippen MR) is 92.0 cm³/mol. The number of para-hydroxylation sites is 1. The molecule has 1 aliphatic carbocycles. The monoisotopic (exact) mass is 353 g/mol. The Bertz CT molecular complexity index is 939. The van der Waals surface area contributed by atoms with E-state index in [2.05, 4.69) is 20.8 Å². The number of nitrogens with zero attached hydrogens (tertiary/aromatic N) is 4. The Kier molecular flexibility index (Phi) is 4.30. The van der Waals surface area contributed by atoms with E-state index in [1.165, 1.54) is 12.1 Å². The molecule has 1 saturated carbocycles. The van der Waals surface area contributed by atoms with E-state index in [-0.39, 0.29) is 18.3 Å². The number of carbonyl (C=O) groups is 1. The number of rotatable bonds is 6. The van der Waals surface area contributed by atoms with Crippen LogP contribution in [-0.2, 0) is 4.79 Å². The summed E-state index contributed by atoms with van der Waals surface area (Å²) in [5.74, 6) is -0.174. The molecular weight excluding hydrogens is 337 g/mol. The molecule has 4 rings (SSSR count). The number of benzene rings is 2. The first-order valence-corrected chi connectivity index (χ1v) is 8.26. The Labute approximate surface area is 148 Å². The third-order valence-electron chi connectivity index (χ3n) is 3.99. The summed E-state index contributed by atoms with van der Waals surface area (Å²) in [7, 11) is 0. The van der Waals surface area contributed by atoms with Crippen molar-refractivity contribution in [2.24, 2.45) is 0 Å². The largest absolute Gasteiger partial charge is 0.481 e. The van der Waals surface area contributed by atoms with Crippen molar-refractivity contribution in [1.82, 2.24) is 20.2 Å². The molecule has 2 aromatic carbocycles. The molecule has 7 nitrogen and oxygen atoms in total. The van der Waals surface area contributed by atoms with Gasteiger partial charge in [0.25, 0.3) is 5.91 Å². The number of hydrogen-bond acceptors (Lipinski definition) is 5. The highest BCUT2D eigenvalue weighted by Gasteiger charge is 2.28. The zero-order chi connectivity index (χ0) is 17.9. The second-order valence-corrected chi connectivity index (χ2v) is 6.03. The van der Waals surface area contributed by atoms with Gasteiger partial charge in [-0.1, -0.05) is 24.3 Å². The molecule has 0 atom stereocenters. The number of carbonyl (C=O) groups excluding carboxylic acids is 1. The lowest BCUT2D eigenvalue weighted by molar-refractivity contribution is -0.118. The standard InChI is InChI=1S/C18H16FN5O2/c19-15-6-1-2-7-16(15)26-11-17(25)20-13-5-3-4-12(10-13)18-21-22-23-24(18)14-8-9-14/h1-7,10,14H,8-9,11H2,(H,20,25). The Morgan fingerprint density at radius 2 is 2.08 bits per heavy atom. The highest BCUT2D eigenvalue weighted by Crippen LogP contribution is 2.36. The second-order valence-electron chi connectivity index (χ2n) is 6.03. The molecule has 0 aliphatic heterocycles. The first-order chi connectivity index (χ1) is 12.7. The summed E-state index contributed by atoms with van der Waals surface area (Å²) in [4.78, 5) is 12.1. The van der Waals surface area contributed by atoms with Crippen LogP contribution in [0.25, 0.3) is 11.4 Å². The van der Waals surface area contributed by atoms with Crippen LogP contribution in [0.2, 0.25) is 0 Å². The molecule has 1 fully saturated rings. The molecule has 8 heteroatoms. The van der Waals surface area contributed by atoms with Crippen molar-refractivity contribution < 1.29 is 13.9 Å². The number of hydrogen-bond donors (Lipinski definition) is 1. The van der Waals surface area contributed by atoms with E-state index in [0.29, 0.717) is 17.6 Å². The van der Waals surface area contributed by atoms with Crippen LogP contribution in [0.1, 0.15) is 18.9 Å². The fraction of sp³-hybridized carbons (Fsp3) is 0.222. The maximum Gasteiger partial charge on any atom is 0.262 e. The van der Waals surface area contributed by atoms with E-state index >= 15 is 0 Å². The summed E-state index contributed by atoms with van der Waals surface area (Å²) in [6.07, 6.45) is 2.14. The van der Waals surface area contributed by atoms with Crippen LogP contribution in [0.4, 0.5) is 10.1 Å². The number of anilines is 1.